The van der Waals surface area contributed by atoms with Crippen molar-refractivity contribution in [3.8, 4) is 5.75 Å². The lowest BCUT2D eigenvalue weighted by Gasteiger charge is -2.06. The minimum atomic E-state index is -0.505. The third kappa shape index (κ3) is 4.35. The number of esters is 1. The normalized spacial score (nSPS) is 10.4. The van der Waals surface area contributed by atoms with E-state index in [4.69, 9.17) is 9.47 Å². The predicted molar refractivity (Wildman–Crippen MR) is 92.3 cm³/mol. The van der Waals surface area contributed by atoms with Crippen molar-refractivity contribution in [3.05, 3.63) is 52.3 Å². The number of aryl methyl sites for hydroxylation is 1. The van der Waals surface area contributed by atoms with Crippen molar-refractivity contribution in [2.24, 2.45) is 0 Å². The van der Waals surface area contributed by atoms with Crippen molar-refractivity contribution in [1.82, 2.24) is 4.98 Å². The first kappa shape index (κ1) is 18.4. The number of nitrogens with one attached hydrogen (secondary N) is 1. The lowest BCUT2D eigenvalue weighted by Crippen LogP contribution is -2.16. The molecule has 2 rings (SSSR count). The van der Waals surface area contributed by atoms with E-state index in [0.29, 0.717) is 28.3 Å². The van der Waals surface area contributed by atoms with Gasteiger partial charge in [-0.3, -0.25) is 14.4 Å². The summed E-state index contributed by atoms with van der Waals surface area (Å²) in [6, 6.07) is 7.08. The van der Waals surface area contributed by atoms with Crippen molar-refractivity contribution in [2.75, 3.05) is 13.7 Å². The number of H-pyrrole nitrogens is 1. The number of aromatic nitrogens is 1. The second kappa shape index (κ2) is 7.79. The van der Waals surface area contributed by atoms with Crippen LogP contribution in [0.25, 0.3) is 0 Å². The standard InChI is InChI=1S/C19H21NO5/c1-11-18(13(3)21)12(2)20-19(11)16(22)10-25-17(23)9-14-6-5-7-15(8-14)24-4/h5-8,20H,9-10H2,1-4H3. The minimum absolute atomic E-state index is 0.0475. The van der Waals surface area contributed by atoms with Gasteiger partial charge in [-0.2, -0.15) is 0 Å². The van der Waals surface area contributed by atoms with Gasteiger partial charge >= 0.3 is 5.97 Å². The van der Waals surface area contributed by atoms with Crippen molar-refractivity contribution in [2.45, 2.75) is 27.2 Å². The average molecular weight is 343 g/mol. The molecule has 0 fully saturated rings. The van der Waals surface area contributed by atoms with Crippen LogP contribution in [-0.2, 0) is 16.0 Å². The molecule has 132 valence electrons. The number of benzene rings is 1. The molecule has 0 saturated carbocycles. The van der Waals surface area contributed by atoms with Gasteiger partial charge in [-0.15, -0.1) is 0 Å². The Morgan fingerprint density at radius 3 is 2.48 bits per heavy atom. The summed E-state index contributed by atoms with van der Waals surface area (Å²) in [5, 5.41) is 0. The van der Waals surface area contributed by atoms with E-state index in [0.717, 1.165) is 5.56 Å². The zero-order valence-corrected chi connectivity index (χ0v) is 14.8. The van der Waals surface area contributed by atoms with Crippen LogP contribution in [0.4, 0.5) is 0 Å². The number of ketones is 2. The van der Waals surface area contributed by atoms with E-state index in [9.17, 15) is 14.4 Å². The van der Waals surface area contributed by atoms with Gasteiger partial charge in [0.25, 0.3) is 0 Å². The van der Waals surface area contributed by atoms with Crippen LogP contribution in [0.15, 0.2) is 24.3 Å². The van der Waals surface area contributed by atoms with Crippen molar-refractivity contribution >= 4 is 17.5 Å². The highest BCUT2D eigenvalue weighted by Crippen LogP contribution is 2.19. The second-order valence-corrected chi connectivity index (χ2v) is 5.79. The Kier molecular flexibility index (Phi) is 5.75. The van der Waals surface area contributed by atoms with Gasteiger partial charge in [-0.25, -0.2) is 0 Å². The second-order valence-electron chi connectivity index (χ2n) is 5.79. The molecule has 1 aromatic heterocycles. The Balaban J connectivity index is 1.99. The number of ether oxygens (including phenoxy) is 2. The number of hydrogen-bond acceptors (Lipinski definition) is 5. The smallest absolute Gasteiger partial charge is 0.310 e. The number of carbonyl (C=O) groups is 3. The van der Waals surface area contributed by atoms with Gasteiger partial charge in [0.1, 0.15) is 5.75 Å². The molecule has 0 radical (unpaired) electrons. The first-order chi connectivity index (χ1) is 11.8. The number of carbonyl (C=O) groups excluding carboxylic acids is 3. The van der Waals surface area contributed by atoms with Gasteiger partial charge in [0, 0.05) is 11.3 Å². The van der Waals surface area contributed by atoms with Gasteiger partial charge < -0.3 is 14.5 Å². The Morgan fingerprint density at radius 2 is 1.88 bits per heavy atom. The van der Waals surface area contributed by atoms with Crippen molar-refractivity contribution in [3.63, 3.8) is 0 Å². The molecule has 6 heteroatoms. The first-order valence-electron chi connectivity index (χ1n) is 7.85. The summed E-state index contributed by atoms with van der Waals surface area (Å²) in [5.41, 5.74) is 2.76. The maximum atomic E-state index is 12.3. The van der Waals surface area contributed by atoms with Crippen LogP contribution >= 0.6 is 0 Å². The third-order valence-corrected chi connectivity index (χ3v) is 3.92. The Hall–Kier alpha value is -2.89. The summed E-state index contributed by atoms with van der Waals surface area (Å²) in [6.45, 7) is 4.51. The van der Waals surface area contributed by atoms with Crippen LogP contribution in [0, 0.1) is 13.8 Å². The molecule has 0 amide bonds. The molecule has 1 heterocycles. The van der Waals surface area contributed by atoms with Crippen LogP contribution in [0.5, 0.6) is 5.75 Å². The molecular formula is C19H21NO5. The molecule has 6 nitrogen and oxygen atoms in total. The quantitative estimate of drug-likeness (QED) is 0.617. The molecule has 0 aliphatic heterocycles. The van der Waals surface area contributed by atoms with Crippen molar-refractivity contribution < 1.29 is 23.9 Å². The van der Waals surface area contributed by atoms with Crippen LogP contribution in [0.1, 0.15) is 44.6 Å². The highest BCUT2D eigenvalue weighted by atomic mass is 16.5. The van der Waals surface area contributed by atoms with Gasteiger partial charge in [-0.05, 0) is 44.0 Å². The van der Waals surface area contributed by atoms with Crippen molar-refractivity contribution in [1.29, 1.82) is 0 Å². The van der Waals surface area contributed by atoms with E-state index < -0.39 is 5.97 Å². The summed E-state index contributed by atoms with van der Waals surface area (Å²) in [7, 11) is 1.55. The molecule has 0 saturated heterocycles. The Bertz CT molecular complexity index is 819. The lowest BCUT2D eigenvalue weighted by molar-refractivity contribution is -0.141. The SMILES string of the molecule is COc1cccc(CC(=O)OCC(=O)c2[nH]c(C)c(C(C)=O)c2C)c1. The largest absolute Gasteiger partial charge is 0.497 e. The molecular weight excluding hydrogens is 322 g/mol. The van der Waals surface area contributed by atoms with Gasteiger partial charge in [0.15, 0.2) is 12.4 Å². The molecule has 0 aliphatic rings. The van der Waals surface area contributed by atoms with Crippen LogP contribution in [0.3, 0.4) is 0 Å². The summed E-state index contributed by atoms with van der Waals surface area (Å²) in [4.78, 5) is 38.7. The summed E-state index contributed by atoms with van der Waals surface area (Å²) in [5.74, 6) is -0.336. The molecule has 2 aromatic rings. The Labute approximate surface area is 146 Å². The lowest BCUT2D eigenvalue weighted by atomic mass is 10.1. The topological polar surface area (TPSA) is 85.5 Å². The molecule has 0 aliphatic carbocycles. The number of methoxy groups -OCH3 is 1. The van der Waals surface area contributed by atoms with Gasteiger partial charge in [0.05, 0.1) is 19.2 Å². The minimum Gasteiger partial charge on any atom is -0.497 e. The van der Waals surface area contributed by atoms with E-state index >= 15 is 0 Å². The fourth-order valence-electron chi connectivity index (χ4n) is 2.78. The fraction of sp³-hybridized carbons (Fsp3) is 0.316. The van der Waals surface area contributed by atoms with Gasteiger partial charge in [0.2, 0.25) is 5.78 Å². The fourth-order valence-corrected chi connectivity index (χ4v) is 2.78. The zero-order valence-electron chi connectivity index (χ0n) is 14.8. The van der Waals surface area contributed by atoms with Crippen LogP contribution < -0.4 is 4.74 Å². The van der Waals surface area contributed by atoms with E-state index in [1.54, 1.807) is 45.2 Å². The van der Waals surface area contributed by atoms with E-state index in [1.165, 1.54) is 6.92 Å². The maximum Gasteiger partial charge on any atom is 0.310 e. The molecule has 25 heavy (non-hydrogen) atoms. The number of Topliss-reactive ketones (excluding diaryl/α,β-unsaturated/α-hetero) is 2. The molecule has 0 unspecified atom stereocenters. The summed E-state index contributed by atoms with van der Waals surface area (Å²) < 4.78 is 10.2. The third-order valence-electron chi connectivity index (χ3n) is 3.92. The molecule has 0 bridgehead atoms. The van der Waals surface area contributed by atoms with Crippen LogP contribution in [-0.4, -0.2) is 36.2 Å². The molecule has 0 spiro atoms. The highest BCUT2D eigenvalue weighted by Gasteiger charge is 2.20. The zero-order chi connectivity index (χ0) is 18.6. The average Bonchev–Trinajstić information content (AvgIpc) is 2.87. The molecule has 1 aromatic carbocycles. The summed E-state index contributed by atoms with van der Waals surface area (Å²) in [6.07, 6.45) is 0.0475. The van der Waals surface area contributed by atoms with E-state index in [-0.39, 0.29) is 24.6 Å². The van der Waals surface area contributed by atoms with E-state index in [1.807, 2.05) is 0 Å². The maximum absolute atomic E-state index is 12.3. The monoisotopic (exact) mass is 343 g/mol. The highest BCUT2D eigenvalue weighted by molar-refractivity contribution is 6.04. The number of rotatable bonds is 7. The van der Waals surface area contributed by atoms with Gasteiger partial charge in [-0.1, -0.05) is 12.1 Å². The van der Waals surface area contributed by atoms with Crippen LogP contribution in [0.2, 0.25) is 0 Å². The number of aromatic amines is 1. The summed E-state index contributed by atoms with van der Waals surface area (Å²) >= 11 is 0. The number of hydrogen-bond donors (Lipinski definition) is 1. The van der Waals surface area contributed by atoms with E-state index in [2.05, 4.69) is 4.98 Å². The first-order valence-corrected chi connectivity index (χ1v) is 7.85. The molecule has 1 N–H and O–H groups in total. The predicted octanol–water partition coefficient (Wildman–Crippen LogP) is 2.81. The Morgan fingerprint density at radius 1 is 1.16 bits per heavy atom. The molecule has 0 atom stereocenters.